The van der Waals surface area contributed by atoms with E-state index in [-0.39, 0.29) is 16.5 Å². The summed E-state index contributed by atoms with van der Waals surface area (Å²) < 4.78 is 38.5. The minimum absolute atomic E-state index is 0.195. The Hall–Kier alpha value is -0.550. The van der Waals surface area contributed by atoms with Gasteiger partial charge in [-0.05, 0) is 28.4 Å². The van der Waals surface area contributed by atoms with Gasteiger partial charge in [-0.15, -0.1) is 0 Å². The molecule has 0 aliphatic heterocycles. The lowest BCUT2D eigenvalue weighted by Gasteiger charge is -2.11. The van der Waals surface area contributed by atoms with Crippen molar-refractivity contribution in [2.45, 2.75) is 19.4 Å². The summed E-state index contributed by atoms with van der Waals surface area (Å²) in [6, 6.07) is 1.04. The molecule has 1 nitrogen and oxygen atoms in total. The number of hydrogen-bond acceptors (Lipinski definition) is 1. The molecule has 0 spiro atoms. The molecule has 1 atom stereocenters. The maximum Gasteiger partial charge on any atom is 0.195 e. The van der Waals surface area contributed by atoms with Crippen LogP contribution in [0.15, 0.2) is 10.5 Å². The third-order valence-electron chi connectivity index (χ3n) is 1.88. The minimum atomic E-state index is -1.57. The number of benzene rings is 1. The first-order valence-electron chi connectivity index (χ1n) is 4.00. The first kappa shape index (κ1) is 11.5. The topological polar surface area (TPSA) is 20.2 Å². The molecule has 1 aromatic carbocycles. The monoisotopic (exact) mass is 268 g/mol. The van der Waals surface area contributed by atoms with Crippen molar-refractivity contribution in [3.8, 4) is 0 Å². The van der Waals surface area contributed by atoms with Crippen molar-refractivity contribution in [1.29, 1.82) is 0 Å². The van der Waals surface area contributed by atoms with Crippen LogP contribution in [-0.4, -0.2) is 5.11 Å². The van der Waals surface area contributed by atoms with Crippen LogP contribution in [0.1, 0.15) is 25.0 Å². The van der Waals surface area contributed by atoms with Gasteiger partial charge in [-0.3, -0.25) is 0 Å². The molecular formula is C9H8BrF3O. The second-order valence-corrected chi connectivity index (χ2v) is 3.67. The first-order chi connectivity index (χ1) is 6.49. The molecule has 0 aromatic heterocycles. The number of aliphatic hydroxyl groups is 1. The number of rotatable bonds is 2. The van der Waals surface area contributed by atoms with E-state index in [4.69, 9.17) is 0 Å². The Morgan fingerprint density at radius 1 is 1.29 bits per heavy atom. The molecule has 1 N–H and O–H groups in total. The number of hydrogen-bond donors (Lipinski definition) is 1. The smallest absolute Gasteiger partial charge is 0.195 e. The van der Waals surface area contributed by atoms with E-state index in [1.54, 1.807) is 6.92 Å². The van der Waals surface area contributed by atoms with E-state index in [2.05, 4.69) is 15.9 Å². The molecule has 0 bridgehead atoms. The van der Waals surface area contributed by atoms with E-state index < -0.39 is 23.6 Å². The molecule has 0 heterocycles. The second-order valence-electron chi connectivity index (χ2n) is 2.81. The van der Waals surface area contributed by atoms with Crippen molar-refractivity contribution in [2.24, 2.45) is 0 Å². The predicted molar refractivity (Wildman–Crippen MR) is 49.3 cm³/mol. The molecular weight excluding hydrogens is 261 g/mol. The largest absolute Gasteiger partial charge is 0.388 e. The highest BCUT2D eigenvalue weighted by Gasteiger charge is 2.20. The van der Waals surface area contributed by atoms with Crippen LogP contribution in [0.3, 0.4) is 0 Å². The zero-order valence-electron chi connectivity index (χ0n) is 7.32. The van der Waals surface area contributed by atoms with Gasteiger partial charge in [0.05, 0.1) is 10.6 Å². The van der Waals surface area contributed by atoms with E-state index >= 15 is 0 Å². The van der Waals surface area contributed by atoms with E-state index in [1.165, 1.54) is 0 Å². The Bertz CT molecular complexity index is 354. The summed E-state index contributed by atoms with van der Waals surface area (Å²) in [5.74, 6) is -4.18. The zero-order valence-corrected chi connectivity index (χ0v) is 8.91. The third-order valence-corrected chi connectivity index (χ3v) is 2.45. The molecule has 0 aliphatic carbocycles. The average Bonchev–Trinajstić information content (AvgIpc) is 2.19. The van der Waals surface area contributed by atoms with Gasteiger partial charge in [0.15, 0.2) is 17.5 Å². The molecule has 0 saturated carbocycles. The zero-order chi connectivity index (χ0) is 10.9. The summed E-state index contributed by atoms with van der Waals surface area (Å²) in [7, 11) is 0. The lowest BCUT2D eigenvalue weighted by Crippen LogP contribution is -2.04. The molecule has 0 amide bonds. The minimum Gasteiger partial charge on any atom is -0.388 e. The van der Waals surface area contributed by atoms with Crippen LogP contribution in [0.2, 0.25) is 0 Å². The van der Waals surface area contributed by atoms with Crippen molar-refractivity contribution >= 4 is 15.9 Å². The SMILES string of the molecule is CCC(O)c1cc(Br)c(F)c(F)c1F. The summed E-state index contributed by atoms with van der Waals surface area (Å²) in [5, 5.41) is 9.30. The Morgan fingerprint density at radius 2 is 1.86 bits per heavy atom. The van der Waals surface area contributed by atoms with Crippen molar-refractivity contribution in [3.63, 3.8) is 0 Å². The van der Waals surface area contributed by atoms with Gasteiger partial charge in [-0.2, -0.15) is 0 Å². The molecule has 1 rings (SSSR count). The Labute approximate surface area is 87.7 Å². The molecule has 0 fully saturated rings. The Kier molecular flexibility index (Phi) is 3.55. The van der Waals surface area contributed by atoms with Crippen LogP contribution < -0.4 is 0 Å². The molecule has 0 radical (unpaired) electrons. The standard InChI is InChI=1S/C9H8BrF3O/c1-2-6(14)4-3-5(10)8(12)9(13)7(4)11/h3,6,14H,2H2,1H3. The summed E-state index contributed by atoms with van der Waals surface area (Å²) in [6.07, 6.45) is -0.893. The number of halogens is 4. The first-order valence-corrected chi connectivity index (χ1v) is 4.79. The van der Waals surface area contributed by atoms with Crippen LogP contribution in [-0.2, 0) is 0 Å². The molecule has 14 heavy (non-hydrogen) atoms. The van der Waals surface area contributed by atoms with Gasteiger partial charge in [-0.1, -0.05) is 6.92 Å². The van der Waals surface area contributed by atoms with Gasteiger partial charge in [0.1, 0.15) is 0 Å². The van der Waals surface area contributed by atoms with Gasteiger partial charge in [0, 0.05) is 5.56 Å². The highest BCUT2D eigenvalue weighted by molar-refractivity contribution is 9.10. The summed E-state index contributed by atoms with van der Waals surface area (Å²) in [6.45, 7) is 1.61. The van der Waals surface area contributed by atoms with Crippen LogP contribution in [0.5, 0.6) is 0 Å². The van der Waals surface area contributed by atoms with Gasteiger partial charge in [0.25, 0.3) is 0 Å². The molecule has 0 aliphatic rings. The Morgan fingerprint density at radius 3 is 2.36 bits per heavy atom. The molecule has 0 saturated heterocycles. The summed E-state index contributed by atoms with van der Waals surface area (Å²) in [4.78, 5) is 0. The van der Waals surface area contributed by atoms with Crippen molar-refractivity contribution in [1.82, 2.24) is 0 Å². The lowest BCUT2D eigenvalue weighted by molar-refractivity contribution is 0.167. The van der Waals surface area contributed by atoms with Crippen molar-refractivity contribution < 1.29 is 18.3 Å². The number of aliphatic hydroxyl groups excluding tert-OH is 1. The molecule has 1 unspecified atom stereocenters. The quantitative estimate of drug-likeness (QED) is 0.645. The third kappa shape index (κ3) is 1.93. The highest BCUT2D eigenvalue weighted by atomic mass is 79.9. The average molecular weight is 269 g/mol. The normalized spacial score (nSPS) is 13.0. The predicted octanol–water partition coefficient (Wildman–Crippen LogP) is 3.31. The van der Waals surface area contributed by atoms with E-state index in [0.717, 1.165) is 6.07 Å². The van der Waals surface area contributed by atoms with Gasteiger partial charge >= 0.3 is 0 Å². The lowest BCUT2D eigenvalue weighted by atomic mass is 10.1. The fourth-order valence-corrected chi connectivity index (χ4v) is 1.47. The van der Waals surface area contributed by atoms with Crippen LogP contribution in [0, 0.1) is 17.5 Å². The maximum atomic E-state index is 13.1. The fourth-order valence-electron chi connectivity index (χ4n) is 1.05. The summed E-state index contributed by atoms with van der Waals surface area (Å²) in [5.41, 5.74) is -0.238. The highest BCUT2D eigenvalue weighted by Crippen LogP contribution is 2.28. The molecule has 78 valence electrons. The van der Waals surface area contributed by atoms with E-state index in [9.17, 15) is 18.3 Å². The van der Waals surface area contributed by atoms with Gasteiger partial charge in [0.2, 0.25) is 0 Å². The van der Waals surface area contributed by atoms with E-state index in [0.29, 0.717) is 0 Å². The second kappa shape index (κ2) is 4.31. The Balaban J connectivity index is 3.33. The van der Waals surface area contributed by atoms with Crippen molar-refractivity contribution in [3.05, 3.63) is 33.6 Å². The van der Waals surface area contributed by atoms with E-state index in [1.807, 2.05) is 0 Å². The van der Waals surface area contributed by atoms with Crippen LogP contribution >= 0.6 is 15.9 Å². The molecule has 5 heteroatoms. The molecule has 1 aromatic rings. The summed E-state index contributed by atoms with van der Waals surface area (Å²) >= 11 is 2.74. The fraction of sp³-hybridized carbons (Fsp3) is 0.333. The van der Waals surface area contributed by atoms with Crippen LogP contribution in [0.4, 0.5) is 13.2 Å². The van der Waals surface area contributed by atoms with Gasteiger partial charge in [-0.25, -0.2) is 13.2 Å². The maximum absolute atomic E-state index is 13.1. The van der Waals surface area contributed by atoms with Crippen LogP contribution in [0.25, 0.3) is 0 Å². The van der Waals surface area contributed by atoms with Crippen molar-refractivity contribution in [2.75, 3.05) is 0 Å². The van der Waals surface area contributed by atoms with Gasteiger partial charge < -0.3 is 5.11 Å².